The Morgan fingerprint density at radius 2 is 1.71 bits per heavy atom. The van der Waals surface area contributed by atoms with Gasteiger partial charge in [-0.05, 0) is 73.0 Å². The van der Waals surface area contributed by atoms with Crippen LogP contribution in [-0.2, 0) is 9.53 Å². The molecule has 1 saturated carbocycles. The van der Waals surface area contributed by atoms with Gasteiger partial charge in [-0.3, -0.25) is 4.79 Å². The first-order valence-electron chi connectivity index (χ1n) is 16.5. The smallest absolute Gasteiger partial charge is 0.407 e. The van der Waals surface area contributed by atoms with E-state index in [1.165, 1.54) is 26.0 Å². The Hall–Kier alpha value is -5.35. The average Bonchev–Trinajstić information content (AvgIpc) is 3.93. The van der Waals surface area contributed by atoms with Gasteiger partial charge in [-0.2, -0.15) is 0 Å². The van der Waals surface area contributed by atoms with Gasteiger partial charge in [0.1, 0.15) is 29.2 Å². The Morgan fingerprint density at radius 3 is 2.46 bits per heavy atom. The van der Waals surface area contributed by atoms with Crippen molar-refractivity contribution in [2.24, 2.45) is 5.92 Å². The van der Waals surface area contributed by atoms with Crippen LogP contribution in [0.15, 0.2) is 54.9 Å². The zero-order chi connectivity index (χ0) is 33.6. The Kier molecular flexibility index (Phi) is 9.91. The first-order valence-corrected chi connectivity index (χ1v) is 16.5. The third-order valence-electron chi connectivity index (χ3n) is 9.11. The van der Waals surface area contributed by atoms with E-state index >= 15 is 4.39 Å². The summed E-state index contributed by atoms with van der Waals surface area (Å²) in [5, 5.41) is 2.67. The normalized spacial score (nSPS) is 16.6. The lowest BCUT2D eigenvalue weighted by Crippen LogP contribution is -2.51. The van der Waals surface area contributed by atoms with Gasteiger partial charge in [0.05, 0.1) is 36.8 Å². The summed E-state index contributed by atoms with van der Waals surface area (Å²) >= 11 is 0. The van der Waals surface area contributed by atoms with Crippen molar-refractivity contribution in [3.05, 3.63) is 83.6 Å². The van der Waals surface area contributed by atoms with Crippen molar-refractivity contribution in [3.63, 3.8) is 0 Å². The van der Waals surface area contributed by atoms with Crippen molar-refractivity contribution in [2.75, 3.05) is 13.7 Å². The second-order valence-corrected chi connectivity index (χ2v) is 12.6. The molecule has 6 rings (SSSR count). The average molecular weight is 647 g/mol. The molecule has 0 bridgehead atoms. The Bertz CT molecular complexity index is 1900. The molecule has 2 amide bonds. The van der Waals surface area contributed by atoms with Gasteiger partial charge in [0.2, 0.25) is 5.91 Å². The first-order chi connectivity index (χ1) is 23.3. The van der Waals surface area contributed by atoms with Crippen molar-refractivity contribution in [3.8, 4) is 46.1 Å². The van der Waals surface area contributed by atoms with Gasteiger partial charge in [0.25, 0.3) is 0 Å². The van der Waals surface area contributed by atoms with Crippen LogP contribution < -0.4 is 5.32 Å². The van der Waals surface area contributed by atoms with E-state index < -0.39 is 18.0 Å². The summed E-state index contributed by atoms with van der Waals surface area (Å²) in [6.07, 6.45) is 8.98. The second kappa shape index (κ2) is 14.6. The molecular weight excluding hydrogens is 607 g/mol. The number of carbonyl (C=O) groups excluding carboxylic acids is 2. The number of nitrogens with one attached hydrogen (secondary N) is 3. The molecule has 1 aliphatic carbocycles. The van der Waals surface area contributed by atoms with Crippen molar-refractivity contribution in [2.45, 2.75) is 70.4 Å². The zero-order valence-electron chi connectivity index (χ0n) is 27.4. The number of H-pyrrole nitrogens is 2. The summed E-state index contributed by atoms with van der Waals surface area (Å²) in [5.74, 6) is 12.9. The molecule has 0 unspecified atom stereocenters. The fraction of sp³-hybridized carbons (Fsp3) is 0.368. The minimum absolute atomic E-state index is 0.142. The number of carbonyl (C=O) groups is 2. The van der Waals surface area contributed by atoms with Gasteiger partial charge < -0.3 is 24.9 Å². The molecule has 3 heterocycles. The summed E-state index contributed by atoms with van der Waals surface area (Å²) in [6.45, 7) is 4.29. The maximum atomic E-state index is 15.9. The summed E-state index contributed by atoms with van der Waals surface area (Å²) < 4.78 is 20.6. The van der Waals surface area contributed by atoms with Gasteiger partial charge in [0.15, 0.2) is 0 Å². The quantitative estimate of drug-likeness (QED) is 0.193. The number of likely N-dealkylation sites (tertiary alicyclic amines) is 1. The highest BCUT2D eigenvalue weighted by Crippen LogP contribution is 2.35. The number of nitrogens with zero attached hydrogens (tertiary/aromatic N) is 3. The van der Waals surface area contributed by atoms with E-state index in [1.54, 1.807) is 17.3 Å². The number of alkyl carbamates (subject to hydrolysis) is 1. The molecular formula is C38H39FN6O3. The number of rotatable bonds is 7. The van der Waals surface area contributed by atoms with Gasteiger partial charge in [-0.15, -0.1) is 0 Å². The highest BCUT2D eigenvalue weighted by Gasteiger charge is 2.37. The van der Waals surface area contributed by atoms with Gasteiger partial charge >= 0.3 is 6.09 Å². The van der Waals surface area contributed by atoms with Crippen molar-refractivity contribution < 1.29 is 18.7 Å². The van der Waals surface area contributed by atoms with Crippen LogP contribution in [0.5, 0.6) is 0 Å². The van der Waals surface area contributed by atoms with Crippen molar-refractivity contribution in [1.82, 2.24) is 30.2 Å². The molecule has 2 fully saturated rings. The Morgan fingerprint density at radius 1 is 0.958 bits per heavy atom. The fourth-order valence-electron chi connectivity index (χ4n) is 6.58. The van der Waals surface area contributed by atoms with E-state index in [1.807, 2.05) is 50.2 Å². The molecule has 2 atom stereocenters. The predicted octanol–water partition coefficient (Wildman–Crippen LogP) is 6.71. The van der Waals surface area contributed by atoms with Crippen LogP contribution in [-0.4, -0.2) is 56.5 Å². The molecule has 2 aromatic heterocycles. The molecule has 2 aromatic carbocycles. The van der Waals surface area contributed by atoms with Crippen LogP contribution in [0.25, 0.3) is 22.4 Å². The SMILES string of the molecule is COC(=O)N[C@H](C(=O)N1CCC[C@H]1c1ncc(-c2cc(F)c(C#CC#Cc3cnc(C4CCCC4)[nH]3)c(-c3ccccc3)c2)[nH]1)C(C)C. The summed E-state index contributed by atoms with van der Waals surface area (Å²) in [4.78, 5) is 43.0. The summed E-state index contributed by atoms with van der Waals surface area (Å²) in [7, 11) is 1.27. The fourth-order valence-corrected chi connectivity index (χ4v) is 6.58. The van der Waals surface area contributed by atoms with Crippen molar-refractivity contribution >= 4 is 12.0 Å². The van der Waals surface area contributed by atoms with Crippen LogP contribution in [0.2, 0.25) is 0 Å². The van der Waals surface area contributed by atoms with Crippen molar-refractivity contribution in [1.29, 1.82) is 0 Å². The lowest BCUT2D eigenvalue weighted by atomic mass is 9.96. The molecule has 4 aromatic rings. The third kappa shape index (κ3) is 7.13. The van der Waals surface area contributed by atoms with Gasteiger partial charge in [0, 0.05) is 23.6 Å². The van der Waals surface area contributed by atoms with Crippen LogP contribution in [0.1, 0.15) is 87.2 Å². The topological polar surface area (TPSA) is 116 Å². The predicted molar refractivity (Wildman–Crippen MR) is 181 cm³/mol. The number of benzene rings is 2. The largest absolute Gasteiger partial charge is 0.453 e. The molecule has 0 radical (unpaired) electrons. The van der Waals surface area contributed by atoms with E-state index in [0.717, 1.165) is 30.7 Å². The van der Waals surface area contributed by atoms with E-state index in [4.69, 9.17) is 4.74 Å². The number of aromatic amines is 2. The highest BCUT2D eigenvalue weighted by atomic mass is 19.1. The molecule has 246 valence electrons. The maximum Gasteiger partial charge on any atom is 0.407 e. The van der Waals surface area contributed by atoms with Gasteiger partial charge in [-0.1, -0.05) is 57.0 Å². The van der Waals surface area contributed by atoms with E-state index in [0.29, 0.717) is 47.2 Å². The highest BCUT2D eigenvalue weighted by molar-refractivity contribution is 5.86. The molecule has 48 heavy (non-hydrogen) atoms. The summed E-state index contributed by atoms with van der Waals surface area (Å²) in [5.41, 5.74) is 3.61. The van der Waals surface area contributed by atoms with E-state index in [9.17, 15) is 9.59 Å². The van der Waals surface area contributed by atoms with Crippen LogP contribution in [0, 0.1) is 35.4 Å². The second-order valence-electron chi connectivity index (χ2n) is 12.6. The Labute approximate surface area is 280 Å². The minimum atomic E-state index is -0.734. The molecule has 9 nitrogen and oxygen atoms in total. The minimum Gasteiger partial charge on any atom is -0.453 e. The summed E-state index contributed by atoms with van der Waals surface area (Å²) in [6, 6.07) is 11.8. The number of imidazole rings is 2. The molecule has 0 spiro atoms. The number of methoxy groups -OCH3 is 1. The zero-order valence-corrected chi connectivity index (χ0v) is 27.4. The molecule has 2 aliphatic rings. The van der Waals surface area contributed by atoms with Crippen LogP contribution in [0.4, 0.5) is 9.18 Å². The number of halogens is 1. The standard InChI is InChI=1S/C38H39FN6O3/c1-24(2)34(44-38(47)48-3)37(46)45-19-11-18-33(45)36-41-23-32(43-36)27-20-30(25-12-5-4-6-13-25)29(31(39)21-27)17-10-9-16-28-22-40-35(42-28)26-14-7-8-15-26/h4-6,12-13,20-24,26,33-34H,7-8,11,14-15,18-19H2,1-3H3,(H,40,42)(H,41,43)(H,44,47)/t33-,34-/m0/s1. The lowest BCUT2D eigenvalue weighted by molar-refractivity contribution is -0.135. The van der Waals surface area contributed by atoms with Gasteiger partial charge in [-0.25, -0.2) is 19.2 Å². The maximum absolute atomic E-state index is 15.9. The number of aromatic nitrogens is 4. The van der Waals surface area contributed by atoms with E-state index in [-0.39, 0.29) is 23.4 Å². The van der Waals surface area contributed by atoms with E-state index in [2.05, 4.69) is 48.9 Å². The molecule has 1 aliphatic heterocycles. The first kappa shape index (κ1) is 32.6. The Balaban J connectivity index is 1.26. The van der Waals surface area contributed by atoms with Crippen LogP contribution >= 0.6 is 0 Å². The number of ether oxygens (including phenoxy) is 1. The number of amides is 2. The number of hydrogen-bond acceptors (Lipinski definition) is 5. The lowest BCUT2D eigenvalue weighted by Gasteiger charge is -2.30. The molecule has 1 saturated heterocycles. The third-order valence-corrected chi connectivity index (χ3v) is 9.11. The monoisotopic (exact) mass is 646 g/mol. The number of hydrogen-bond donors (Lipinski definition) is 3. The molecule has 3 N–H and O–H groups in total. The van der Waals surface area contributed by atoms with Crippen LogP contribution in [0.3, 0.4) is 0 Å². The molecule has 10 heteroatoms.